The van der Waals surface area contributed by atoms with Crippen LogP contribution in [0.25, 0.3) is 10.8 Å². The topological polar surface area (TPSA) is 174 Å². The molecule has 1 aliphatic heterocycles. The van der Waals surface area contributed by atoms with E-state index in [4.69, 9.17) is 9.47 Å². The molecule has 1 heterocycles. The van der Waals surface area contributed by atoms with Crippen LogP contribution in [0.4, 0.5) is 0 Å². The lowest BCUT2D eigenvalue weighted by Gasteiger charge is -2.45. The van der Waals surface area contributed by atoms with Crippen LogP contribution >= 0.6 is 0 Å². The number of carboxylic acid groups (broad SMARTS) is 1. The highest BCUT2D eigenvalue weighted by molar-refractivity contribution is 6.08. The van der Waals surface area contributed by atoms with E-state index in [9.17, 15) is 40.2 Å². The van der Waals surface area contributed by atoms with E-state index in [1.165, 1.54) is 19.1 Å². The molecule has 2 aromatic rings. The van der Waals surface area contributed by atoms with Crippen molar-refractivity contribution >= 4 is 22.5 Å². The average molecular weight is 476 g/mol. The number of Topliss-reactive ketones (excluding diaryl/α,β-unsaturated/α-hetero) is 1. The van der Waals surface area contributed by atoms with Crippen LogP contribution in [-0.4, -0.2) is 78.7 Å². The Hall–Kier alpha value is -2.76. The van der Waals surface area contributed by atoms with E-state index in [1.54, 1.807) is 6.92 Å². The molecule has 0 amide bonds. The number of ketones is 1. The van der Waals surface area contributed by atoms with Crippen LogP contribution in [0.1, 0.15) is 58.9 Å². The number of phenols is 1. The second-order valence-electron chi connectivity index (χ2n) is 9.18. The number of hydrogen-bond donors (Lipinski definition) is 6. The first kappa shape index (κ1) is 24.4. The van der Waals surface area contributed by atoms with Crippen LogP contribution in [0.5, 0.6) is 11.5 Å². The van der Waals surface area contributed by atoms with E-state index >= 15 is 0 Å². The van der Waals surface area contributed by atoms with E-state index in [-0.39, 0.29) is 27.6 Å². The van der Waals surface area contributed by atoms with Crippen molar-refractivity contribution in [2.75, 3.05) is 0 Å². The van der Waals surface area contributed by atoms with E-state index in [0.29, 0.717) is 31.2 Å². The van der Waals surface area contributed by atoms with E-state index in [0.717, 1.165) is 6.07 Å². The fourth-order valence-electron chi connectivity index (χ4n) is 5.07. The van der Waals surface area contributed by atoms with Gasteiger partial charge in [-0.05, 0) is 49.8 Å². The number of aliphatic hydroxyl groups is 4. The van der Waals surface area contributed by atoms with Crippen molar-refractivity contribution in [2.24, 2.45) is 0 Å². The van der Waals surface area contributed by atoms with Crippen molar-refractivity contribution in [3.05, 3.63) is 34.9 Å². The van der Waals surface area contributed by atoms with Gasteiger partial charge < -0.3 is 40.1 Å². The van der Waals surface area contributed by atoms with Gasteiger partial charge in [-0.3, -0.25) is 4.79 Å². The minimum absolute atomic E-state index is 0.0216. The molecule has 184 valence electrons. The number of aryl methyl sites for hydroxylation is 1. The maximum atomic E-state index is 12.1. The number of aromatic carboxylic acids is 1. The first-order valence-corrected chi connectivity index (χ1v) is 11.1. The summed E-state index contributed by atoms with van der Waals surface area (Å²) in [6.45, 7) is 2.88. The molecule has 2 fully saturated rings. The second-order valence-corrected chi connectivity index (χ2v) is 9.18. The molecular weight excluding hydrogens is 448 g/mol. The minimum atomic E-state index is -1.75. The van der Waals surface area contributed by atoms with Crippen molar-refractivity contribution in [1.29, 1.82) is 0 Å². The van der Waals surface area contributed by atoms with Gasteiger partial charge in [-0.15, -0.1) is 0 Å². The standard InChI is InChI=1S/C24H28O10/c1-10-7-12-8-13(22(30)31)9-14(16(12)17(26)15(10)11(2)25)33-23-20(29)18(27)19(28)21(34-23)24(32)5-3-4-6-24/h7-9,18-21,23,26-29,32H,3-6H2,1-2H3,(H,30,31)/t18-,19-,20+,21-,23+/m0/s1. The molecule has 1 saturated heterocycles. The quantitative estimate of drug-likeness (QED) is 0.345. The van der Waals surface area contributed by atoms with Gasteiger partial charge in [0, 0.05) is 0 Å². The summed E-state index contributed by atoms with van der Waals surface area (Å²) >= 11 is 0. The van der Waals surface area contributed by atoms with E-state index in [1.807, 2.05) is 0 Å². The summed E-state index contributed by atoms with van der Waals surface area (Å²) in [4.78, 5) is 23.8. The van der Waals surface area contributed by atoms with Gasteiger partial charge in [0.1, 0.15) is 35.9 Å². The molecule has 0 bridgehead atoms. The molecule has 5 atom stereocenters. The highest BCUT2D eigenvalue weighted by Crippen LogP contribution is 2.42. The van der Waals surface area contributed by atoms with Crippen molar-refractivity contribution in [2.45, 2.75) is 75.8 Å². The molecule has 34 heavy (non-hydrogen) atoms. The third-order valence-electron chi connectivity index (χ3n) is 6.78. The molecule has 0 unspecified atom stereocenters. The average Bonchev–Trinajstić information content (AvgIpc) is 3.20. The normalized spacial score (nSPS) is 28.7. The molecule has 6 N–H and O–H groups in total. The Morgan fingerprint density at radius 1 is 1.06 bits per heavy atom. The summed E-state index contributed by atoms with van der Waals surface area (Å²) in [6, 6.07) is 3.95. The van der Waals surface area contributed by atoms with E-state index in [2.05, 4.69) is 0 Å². The lowest BCUT2D eigenvalue weighted by atomic mass is 9.85. The van der Waals surface area contributed by atoms with Gasteiger partial charge in [0.15, 0.2) is 5.78 Å². The third-order valence-corrected chi connectivity index (χ3v) is 6.78. The van der Waals surface area contributed by atoms with Crippen LogP contribution < -0.4 is 4.74 Å². The SMILES string of the molecule is CC(=O)c1c(C)cc2cc(C(=O)O)cc(O[C@@H]3O[C@H](C4(O)CCCC4)[C@@H](O)[C@H](O)[C@H]3O)c2c1O. The Balaban J connectivity index is 1.81. The number of carbonyl (C=O) groups excluding carboxylic acids is 1. The maximum Gasteiger partial charge on any atom is 0.335 e. The largest absolute Gasteiger partial charge is 0.506 e. The predicted molar refractivity (Wildman–Crippen MR) is 118 cm³/mol. The predicted octanol–water partition coefficient (Wildman–Crippen LogP) is 1.25. The molecule has 0 radical (unpaired) electrons. The fraction of sp³-hybridized carbons (Fsp3) is 0.500. The van der Waals surface area contributed by atoms with Crippen molar-refractivity contribution in [3.63, 3.8) is 0 Å². The van der Waals surface area contributed by atoms with Gasteiger partial charge in [-0.25, -0.2) is 4.79 Å². The zero-order chi connectivity index (χ0) is 24.9. The summed E-state index contributed by atoms with van der Waals surface area (Å²) < 4.78 is 11.5. The Labute approximate surface area is 195 Å². The molecule has 0 spiro atoms. The van der Waals surface area contributed by atoms with Gasteiger partial charge >= 0.3 is 5.97 Å². The molecule has 10 nitrogen and oxygen atoms in total. The second kappa shape index (κ2) is 8.79. The highest BCUT2D eigenvalue weighted by atomic mass is 16.7. The number of aliphatic hydroxyl groups excluding tert-OH is 3. The number of phenolic OH excluding ortho intramolecular Hbond substituents is 1. The Bertz CT molecular complexity index is 1140. The highest BCUT2D eigenvalue weighted by Gasteiger charge is 2.54. The number of benzene rings is 2. The zero-order valence-corrected chi connectivity index (χ0v) is 18.8. The molecule has 1 aliphatic carbocycles. The molecule has 1 saturated carbocycles. The molecule has 2 aliphatic rings. The Kier molecular flexibility index (Phi) is 6.30. The number of rotatable bonds is 5. The number of carboxylic acids is 1. The van der Waals surface area contributed by atoms with Gasteiger partial charge in [0.25, 0.3) is 0 Å². The molecule has 4 rings (SSSR count). The van der Waals surface area contributed by atoms with Crippen molar-refractivity contribution in [3.8, 4) is 11.5 Å². The van der Waals surface area contributed by atoms with Crippen molar-refractivity contribution < 1.29 is 49.7 Å². The smallest absolute Gasteiger partial charge is 0.335 e. The molecular formula is C24H28O10. The summed E-state index contributed by atoms with van der Waals surface area (Å²) in [5, 5.41) is 63.1. The summed E-state index contributed by atoms with van der Waals surface area (Å²) in [5.74, 6) is -2.33. The number of ether oxygens (including phenoxy) is 2. The van der Waals surface area contributed by atoms with Gasteiger partial charge in [-0.2, -0.15) is 0 Å². The van der Waals surface area contributed by atoms with Gasteiger partial charge in [-0.1, -0.05) is 18.9 Å². The summed E-state index contributed by atoms with van der Waals surface area (Å²) in [5.41, 5.74) is -1.16. The van der Waals surface area contributed by atoms with Crippen molar-refractivity contribution in [1.82, 2.24) is 0 Å². The van der Waals surface area contributed by atoms with Crippen LogP contribution in [0, 0.1) is 6.92 Å². The number of carbonyl (C=O) groups is 2. The van der Waals surface area contributed by atoms with Crippen LogP contribution in [0.3, 0.4) is 0 Å². The van der Waals surface area contributed by atoms with Crippen LogP contribution in [0.2, 0.25) is 0 Å². The van der Waals surface area contributed by atoms with Crippen LogP contribution in [0.15, 0.2) is 18.2 Å². The van der Waals surface area contributed by atoms with Gasteiger partial charge in [0.2, 0.25) is 6.29 Å². The number of fused-ring (bicyclic) bond motifs is 1. The van der Waals surface area contributed by atoms with Crippen LogP contribution in [-0.2, 0) is 4.74 Å². The fourth-order valence-corrected chi connectivity index (χ4v) is 5.07. The Morgan fingerprint density at radius 2 is 1.71 bits per heavy atom. The molecule has 0 aromatic heterocycles. The maximum absolute atomic E-state index is 12.1. The monoisotopic (exact) mass is 476 g/mol. The zero-order valence-electron chi connectivity index (χ0n) is 18.8. The first-order valence-electron chi connectivity index (χ1n) is 11.1. The summed E-state index contributed by atoms with van der Waals surface area (Å²) in [6.07, 6.45) is -5.89. The van der Waals surface area contributed by atoms with Gasteiger partial charge in [0.05, 0.1) is 22.1 Å². The lowest BCUT2D eigenvalue weighted by Crippen LogP contribution is -2.65. The Morgan fingerprint density at radius 3 is 2.29 bits per heavy atom. The lowest BCUT2D eigenvalue weighted by molar-refractivity contribution is -0.303. The molecule has 10 heteroatoms. The minimum Gasteiger partial charge on any atom is -0.506 e. The number of aromatic hydroxyl groups is 1. The number of hydrogen-bond acceptors (Lipinski definition) is 9. The summed E-state index contributed by atoms with van der Waals surface area (Å²) in [7, 11) is 0. The third kappa shape index (κ3) is 4.01. The van der Waals surface area contributed by atoms with E-state index < -0.39 is 53.8 Å². The first-order chi connectivity index (χ1) is 15.9. The molecule has 2 aromatic carbocycles.